The third-order valence-corrected chi connectivity index (χ3v) is 4.03. The fraction of sp³-hybridized carbons (Fsp3) is 0.214. The van der Waals surface area contributed by atoms with Crippen molar-refractivity contribution in [1.29, 1.82) is 0 Å². The van der Waals surface area contributed by atoms with Crippen molar-refractivity contribution in [2.24, 2.45) is 0 Å². The maximum absolute atomic E-state index is 13.2. The number of thiazole rings is 1. The molecule has 110 valence electrons. The smallest absolute Gasteiger partial charge is 0.304 e. The lowest BCUT2D eigenvalue weighted by Crippen LogP contribution is -2.10. The molecule has 1 aromatic heterocycles. The fourth-order valence-corrected chi connectivity index (χ4v) is 2.93. The number of aliphatic carboxylic acids is 2. The lowest BCUT2D eigenvalue weighted by molar-refractivity contribution is -0.139. The molecule has 0 saturated carbocycles. The van der Waals surface area contributed by atoms with E-state index in [4.69, 9.17) is 10.2 Å². The lowest BCUT2D eigenvalue weighted by Gasteiger charge is -2.08. The average Bonchev–Trinajstić information content (AvgIpc) is 2.86. The third-order valence-electron chi connectivity index (χ3n) is 2.82. The van der Waals surface area contributed by atoms with Crippen LogP contribution in [0.4, 0.5) is 4.39 Å². The van der Waals surface area contributed by atoms with Crippen molar-refractivity contribution in [1.82, 2.24) is 4.98 Å². The molecule has 0 fully saturated rings. The van der Waals surface area contributed by atoms with E-state index in [-0.39, 0.29) is 18.7 Å². The molecule has 5 nitrogen and oxygen atoms in total. The van der Waals surface area contributed by atoms with Crippen molar-refractivity contribution in [3.8, 4) is 10.4 Å². The number of rotatable bonds is 6. The Kier molecular flexibility index (Phi) is 4.64. The van der Waals surface area contributed by atoms with Crippen molar-refractivity contribution in [2.45, 2.75) is 18.8 Å². The second kappa shape index (κ2) is 6.45. The Morgan fingerprint density at radius 3 is 2.48 bits per heavy atom. The summed E-state index contributed by atoms with van der Waals surface area (Å²) in [5, 5.41) is 18.1. The summed E-state index contributed by atoms with van der Waals surface area (Å²) in [4.78, 5) is 26.4. The Morgan fingerprint density at radius 2 is 1.90 bits per heavy atom. The Balaban J connectivity index is 2.27. The monoisotopic (exact) mass is 309 g/mol. The quantitative estimate of drug-likeness (QED) is 0.856. The van der Waals surface area contributed by atoms with Crippen molar-refractivity contribution >= 4 is 23.3 Å². The third kappa shape index (κ3) is 4.09. The second-order valence-electron chi connectivity index (χ2n) is 4.47. The molecule has 0 saturated heterocycles. The first kappa shape index (κ1) is 15.1. The van der Waals surface area contributed by atoms with E-state index < -0.39 is 17.9 Å². The number of carboxylic acid groups (broad SMARTS) is 2. The predicted molar refractivity (Wildman–Crippen MR) is 74.8 cm³/mol. The van der Waals surface area contributed by atoms with Crippen molar-refractivity contribution < 1.29 is 24.2 Å². The van der Waals surface area contributed by atoms with Crippen LogP contribution in [0.2, 0.25) is 0 Å². The number of hydrogen-bond donors (Lipinski definition) is 2. The minimum Gasteiger partial charge on any atom is -0.481 e. The molecule has 2 rings (SSSR count). The van der Waals surface area contributed by atoms with Gasteiger partial charge in [-0.25, -0.2) is 9.37 Å². The minimum atomic E-state index is -1.08. The molecule has 21 heavy (non-hydrogen) atoms. The molecule has 1 aromatic carbocycles. The van der Waals surface area contributed by atoms with Gasteiger partial charge in [-0.2, -0.15) is 0 Å². The van der Waals surface area contributed by atoms with Crippen LogP contribution in [0.25, 0.3) is 10.4 Å². The van der Waals surface area contributed by atoms with Gasteiger partial charge in [0.05, 0.1) is 22.7 Å². The van der Waals surface area contributed by atoms with Gasteiger partial charge in [0.15, 0.2) is 0 Å². The molecule has 0 bridgehead atoms. The normalized spacial score (nSPS) is 10.8. The first-order valence-electron chi connectivity index (χ1n) is 6.11. The number of halogens is 1. The van der Waals surface area contributed by atoms with Crippen LogP contribution in [0.1, 0.15) is 23.8 Å². The van der Waals surface area contributed by atoms with Gasteiger partial charge in [-0.05, 0) is 17.7 Å². The van der Waals surface area contributed by atoms with Crippen LogP contribution in [0, 0.1) is 5.82 Å². The predicted octanol–water partition coefficient (Wildman–Crippen LogP) is 2.98. The largest absolute Gasteiger partial charge is 0.481 e. The molecule has 0 radical (unpaired) electrons. The summed E-state index contributed by atoms with van der Waals surface area (Å²) in [5.41, 5.74) is 0.628. The van der Waals surface area contributed by atoms with Crippen molar-refractivity contribution in [3.63, 3.8) is 0 Å². The summed E-state index contributed by atoms with van der Waals surface area (Å²) in [6.45, 7) is 0. The summed E-state index contributed by atoms with van der Waals surface area (Å²) < 4.78 is 13.2. The number of carboxylic acids is 2. The van der Waals surface area contributed by atoms with Crippen LogP contribution in [0.3, 0.4) is 0 Å². The van der Waals surface area contributed by atoms with Crippen LogP contribution < -0.4 is 0 Å². The molecular formula is C14H12FNO4S. The van der Waals surface area contributed by atoms with Crippen LogP contribution in [-0.4, -0.2) is 27.1 Å². The van der Waals surface area contributed by atoms with E-state index in [9.17, 15) is 14.0 Å². The zero-order valence-corrected chi connectivity index (χ0v) is 11.6. The second-order valence-corrected chi connectivity index (χ2v) is 5.53. The number of nitrogens with zero attached hydrogens (tertiary/aromatic N) is 1. The van der Waals surface area contributed by atoms with Gasteiger partial charge in [0, 0.05) is 12.1 Å². The van der Waals surface area contributed by atoms with E-state index in [1.165, 1.54) is 29.7 Å². The van der Waals surface area contributed by atoms with Gasteiger partial charge in [-0.15, -0.1) is 11.3 Å². The van der Waals surface area contributed by atoms with Gasteiger partial charge in [-0.1, -0.05) is 12.1 Å². The molecule has 2 N–H and O–H groups in total. The summed E-state index contributed by atoms with van der Waals surface area (Å²) >= 11 is 1.18. The van der Waals surface area contributed by atoms with Crippen LogP contribution in [0.15, 0.2) is 30.5 Å². The van der Waals surface area contributed by atoms with E-state index >= 15 is 0 Å². The molecule has 0 aliphatic heterocycles. The first-order chi connectivity index (χ1) is 9.95. The zero-order chi connectivity index (χ0) is 15.4. The maximum atomic E-state index is 13.2. The van der Waals surface area contributed by atoms with Gasteiger partial charge in [0.2, 0.25) is 0 Å². The molecule has 7 heteroatoms. The van der Waals surface area contributed by atoms with E-state index in [2.05, 4.69) is 4.98 Å². The van der Waals surface area contributed by atoms with Crippen molar-refractivity contribution in [2.75, 3.05) is 0 Å². The standard InChI is InChI=1S/C14H12FNO4S/c15-10-3-1-2-8(4-10)11-7-16-14(21-11)9(5-12(17)18)6-13(19)20/h1-4,7,9H,5-6H2,(H,17,18)(H,19,20). The van der Waals surface area contributed by atoms with Gasteiger partial charge in [-0.3, -0.25) is 9.59 Å². The fourth-order valence-electron chi connectivity index (χ4n) is 1.92. The molecule has 0 spiro atoms. The molecule has 1 heterocycles. The van der Waals surface area contributed by atoms with Gasteiger partial charge in [0.1, 0.15) is 5.82 Å². The van der Waals surface area contributed by atoms with E-state index in [1.807, 2.05) is 0 Å². The summed E-state index contributed by atoms with van der Waals surface area (Å²) in [6.07, 6.45) is 0.899. The average molecular weight is 309 g/mol. The summed E-state index contributed by atoms with van der Waals surface area (Å²) in [6, 6.07) is 5.95. The number of benzene rings is 1. The highest BCUT2D eigenvalue weighted by Crippen LogP contribution is 2.33. The molecular weight excluding hydrogens is 297 g/mol. The first-order valence-corrected chi connectivity index (χ1v) is 6.92. The highest BCUT2D eigenvalue weighted by atomic mass is 32.1. The van der Waals surface area contributed by atoms with Crippen LogP contribution >= 0.6 is 11.3 Å². The number of carbonyl (C=O) groups is 2. The molecule has 0 aliphatic rings. The van der Waals surface area contributed by atoms with E-state index in [0.29, 0.717) is 15.4 Å². The Hall–Kier alpha value is -2.28. The Labute approximate surface area is 123 Å². The number of aromatic nitrogens is 1. The van der Waals surface area contributed by atoms with Crippen LogP contribution in [0.5, 0.6) is 0 Å². The molecule has 0 amide bonds. The lowest BCUT2D eigenvalue weighted by atomic mass is 10.0. The molecule has 0 aliphatic carbocycles. The van der Waals surface area contributed by atoms with Gasteiger partial charge >= 0.3 is 11.9 Å². The Morgan fingerprint density at radius 1 is 1.24 bits per heavy atom. The van der Waals surface area contributed by atoms with Gasteiger partial charge < -0.3 is 10.2 Å². The number of hydrogen-bond acceptors (Lipinski definition) is 4. The highest BCUT2D eigenvalue weighted by Gasteiger charge is 2.22. The van der Waals surface area contributed by atoms with E-state index in [1.54, 1.807) is 12.1 Å². The van der Waals surface area contributed by atoms with Crippen molar-refractivity contribution in [3.05, 3.63) is 41.3 Å². The molecule has 0 atom stereocenters. The molecule has 0 unspecified atom stereocenters. The maximum Gasteiger partial charge on any atom is 0.304 e. The summed E-state index contributed by atoms with van der Waals surface area (Å²) in [7, 11) is 0. The Bertz CT molecular complexity index is 654. The van der Waals surface area contributed by atoms with E-state index in [0.717, 1.165) is 0 Å². The van der Waals surface area contributed by atoms with Gasteiger partial charge in [0.25, 0.3) is 0 Å². The SMILES string of the molecule is O=C(O)CC(CC(=O)O)c1ncc(-c2cccc(F)c2)s1. The highest BCUT2D eigenvalue weighted by molar-refractivity contribution is 7.15. The summed E-state index contributed by atoms with van der Waals surface area (Å²) in [5.74, 6) is -3.23. The minimum absolute atomic E-state index is 0.303. The topological polar surface area (TPSA) is 87.5 Å². The zero-order valence-electron chi connectivity index (χ0n) is 10.8. The molecule has 2 aromatic rings. The van der Waals surface area contributed by atoms with Crippen LogP contribution in [-0.2, 0) is 9.59 Å².